The van der Waals surface area contributed by atoms with Crippen molar-refractivity contribution in [3.8, 4) is 5.75 Å². The summed E-state index contributed by atoms with van der Waals surface area (Å²) in [4.78, 5) is 12.6. The van der Waals surface area contributed by atoms with Crippen LogP contribution in [0.5, 0.6) is 5.75 Å². The molecule has 35 heavy (non-hydrogen) atoms. The highest BCUT2D eigenvalue weighted by molar-refractivity contribution is 7.92. The second-order valence-corrected chi connectivity index (χ2v) is 9.78. The summed E-state index contributed by atoms with van der Waals surface area (Å²) >= 11 is 0. The molecule has 1 atom stereocenters. The zero-order valence-corrected chi connectivity index (χ0v) is 19.9. The van der Waals surface area contributed by atoms with Gasteiger partial charge in [-0.05, 0) is 55.8 Å². The highest BCUT2D eigenvalue weighted by atomic mass is 32.2. The zero-order valence-electron chi connectivity index (χ0n) is 19.1. The number of nitrogens with zero attached hydrogens (tertiary/aromatic N) is 1. The van der Waals surface area contributed by atoms with Gasteiger partial charge in [0.15, 0.2) is 0 Å². The number of ether oxygens (including phenoxy) is 1. The molecule has 6 nitrogen and oxygen atoms in total. The lowest BCUT2D eigenvalue weighted by molar-refractivity contribution is -0.137. The summed E-state index contributed by atoms with van der Waals surface area (Å²) in [7, 11) is -4.33. The number of nitrogens with one attached hydrogen (secondary N) is 1. The Hall–Kier alpha value is -3.53. The fraction of sp³-hybridized carbons (Fsp3) is 0.240. The summed E-state index contributed by atoms with van der Waals surface area (Å²) < 4.78 is 72.8. The van der Waals surface area contributed by atoms with E-state index in [2.05, 4.69) is 5.32 Å². The van der Waals surface area contributed by atoms with Crippen LogP contribution in [0.15, 0.2) is 83.8 Å². The highest BCUT2D eigenvalue weighted by Crippen LogP contribution is 2.33. The van der Waals surface area contributed by atoms with E-state index in [1.165, 1.54) is 30.3 Å². The van der Waals surface area contributed by atoms with Crippen molar-refractivity contribution < 1.29 is 31.1 Å². The lowest BCUT2D eigenvalue weighted by Gasteiger charge is -2.25. The molecule has 0 radical (unpaired) electrons. The van der Waals surface area contributed by atoms with E-state index in [0.29, 0.717) is 16.1 Å². The average Bonchev–Trinajstić information content (AvgIpc) is 2.82. The molecule has 0 aliphatic heterocycles. The van der Waals surface area contributed by atoms with Gasteiger partial charge in [0.25, 0.3) is 10.0 Å². The molecule has 0 fully saturated rings. The van der Waals surface area contributed by atoms with E-state index in [4.69, 9.17) is 4.74 Å². The number of benzene rings is 3. The van der Waals surface area contributed by atoms with Gasteiger partial charge in [-0.15, -0.1) is 0 Å². The molecule has 186 valence electrons. The minimum absolute atomic E-state index is 0.117. The number of hydrogen-bond acceptors (Lipinski definition) is 4. The number of para-hydroxylation sites is 1. The van der Waals surface area contributed by atoms with Crippen molar-refractivity contribution >= 4 is 21.6 Å². The van der Waals surface area contributed by atoms with Crippen LogP contribution in [0.4, 0.5) is 18.9 Å². The smallest absolute Gasteiger partial charge is 0.416 e. The van der Waals surface area contributed by atoms with Gasteiger partial charge in [-0.2, -0.15) is 13.2 Å². The molecule has 0 spiro atoms. The third-order valence-corrected chi connectivity index (χ3v) is 6.86. The first-order valence-electron chi connectivity index (χ1n) is 10.7. The molecule has 3 aromatic rings. The topological polar surface area (TPSA) is 75.7 Å². The fourth-order valence-corrected chi connectivity index (χ4v) is 4.73. The van der Waals surface area contributed by atoms with E-state index >= 15 is 0 Å². The molecule has 1 N–H and O–H groups in total. The Morgan fingerprint density at radius 2 is 1.66 bits per heavy atom. The summed E-state index contributed by atoms with van der Waals surface area (Å²) in [6, 6.07) is 17.9. The van der Waals surface area contributed by atoms with E-state index in [0.717, 1.165) is 17.7 Å². The Morgan fingerprint density at radius 3 is 2.31 bits per heavy atom. The van der Waals surface area contributed by atoms with Gasteiger partial charge in [0.1, 0.15) is 18.9 Å². The van der Waals surface area contributed by atoms with Crippen molar-refractivity contribution in [2.75, 3.05) is 17.5 Å². The van der Waals surface area contributed by atoms with Gasteiger partial charge in [0.2, 0.25) is 5.91 Å². The first kappa shape index (κ1) is 26.1. The standard InChI is InChI=1S/C25H25F3N2O4S/c1-18-9-6-7-14-23(18)34-17-19(2)29-24(31)16-30(35(32,33)22-12-4-3-5-13-22)21-11-8-10-20(15-21)25(26,27)28/h3-15,19H,16-17H2,1-2H3,(H,29,31). The summed E-state index contributed by atoms with van der Waals surface area (Å²) in [6.45, 7) is 2.95. The van der Waals surface area contributed by atoms with E-state index in [-0.39, 0.29) is 17.2 Å². The lowest BCUT2D eigenvalue weighted by atomic mass is 10.2. The maximum Gasteiger partial charge on any atom is 0.416 e. The molecule has 0 saturated carbocycles. The van der Waals surface area contributed by atoms with Crippen LogP contribution in [0.1, 0.15) is 18.1 Å². The van der Waals surface area contributed by atoms with Gasteiger partial charge in [-0.25, -0.2) is 8.42 Å². The third kappa shape index (κ3) is 6.75. The molecule has 3 rings (SSSR count). The van der Waals surface area contributed by atoms with Crippen LogP contribution in [0.25, 0.3) is 0 Å². The van der Waals surface area contributed by atoms with Gasteiger partial charge in [0, 0.05) is 0 Å². The number of rotatable bonds is 9. The third-order valence-electron chi connectivity index (χ3n) is 5.07. The van der Waals surface area contributed by atoms with Gasteiger partial charge in [-0.1, -0.05) is 42.5 Å². The summed E-state index contributed by atoms with van der Waals surface area (Å²) in [5.74, 6) is -0.0475. The molecule has 0 saturated heterocycles. The molecule has 0 aliphatic rings. The van der Waals surface area contributed by atoms with Crippen LogP contribution in [0.2, 0.25) is 0 Å². The number of sulfonamides is 1. The van der Waals surface area contributed by atoms with Crippen LogP contribution in [0.3, 0.4) is 0 Å². The first-order valence-corrected chi connectivity index (χ1v) is 12.2. The van der Waals surface area contributed by atoms with Gasteiger partial charge in [-0.3, -0.25) is 9.10 Å². The maximum absolute atomic E-state index is 13.3. The molecule has 0 heterocycles. The minimum atomic E-state index is -4.68. The number of halogens is 3. The van der Waals surface area contributed by atoms with Crippen LogP contribution in [0, 0.1) is 6.92 Å². The molecule has 10 heteroatoms. The number of aryl methyl sites for hydroxylation is 1. The highest BCUT2D eigenvalue weighted by Gasteiger charge is 2.33. The normalized spacial score (nSPS) is 12.6. The number of carbonyl (C=O) groups is 1. The second-order valence-electron chi connectivity index (χ2n) is 7.92. The number of alkyl halides is 3. The number of hydrogen-bond donors (Lipinski definition) is 1. The average molecular weight is 507 g/mol. The Labute approximate surface area is 202 Å². The van der Waals surface area contributed by atoms with Crippen LogP contribution in [-0.2, 0) is 21.0 Å². The van der Waals surface area contributed by atoms with E-state index in [1.54, 1.807) is 19.1 Å². The fourth-order valence-electron chi connectivity index (χ4n) is 3.30. The Bertz CT molecular complexity index is 1260. The molecule has 1 unspecified atom stereocenters. The van der Waals surface area contributed by atoms with Gasteiger partial charge < -0.3 is 10.1 Å². The molecule has 0 aromatic heterocycles. The van der Waals surface area contributed by atoms with Crippen molar-refractivity contribution in [3.05, 3.63) is 90.0 Å². The number of carbonyl (C=O) groups excluding carboxylic acids is 1. The molecular weight excluding hydrogens is 481 g/mol. The predicted octanol–water partition coefficient (Wildman–Crippen LogP) is 4.79. The molecule has 0 aliphatic carbocycles. The van der Waals surface area contributed by atoms with E-state index < -0.39 is 40.3 Å². The quantitative estimate of drug-likeness (QED) is 0.453. The van der Waals surface area contributed by atoms with Crippen LogP contribution >= 0.6 is 0 Å². The minimum Gasteiger partial charge on any atom is -0.491 e. The maximum atomic E-state index is 13.3. The van der Waals surface area contributed by atoms with Gasteiger partial charge in [0.05, 0.1) is 22.2 Å². The van der Waals surface area contributed by atoms with Crippen LogP contribution in [-0.4, -0.2) is 33.5 Å². The largest absolute Gasteiger partial charge is 0.491 e. The number of amides is 1. The molecule has 1 amide bonds. The van der Waals surface area contributed by atoms with Crippen molar-refractivity contribution in [1.82, 2.24) is 5.32 Å². The second kappa shape index (κ2) is 10.8. The lowest BCUT2D eigenvalue weighted by Crippen LogP contribution is -2.45. The Balaban J connectivity index is 1.82. The first-order chi connectivity index (χ1) is 16.5. The van der Waals surface area contributed by atoms with Crippen molar-refractivity contribution in [2.24, 2.45) is 0 Å². The van der Waals surface area contributed by atoms with Crippen LogP contribution < -0.4 is 14.4 Å². The zero-order chi connectivity index (χ0) is 25.6. The molecular formula is C25H25F3N2O4S. The SMILES string of the molecule is Cc1ccccc1OCC(C)NC(=O)CN(c1cccc(C(F)(F)F)c1)S(=O)(=O)c1ccccc1. The van der Waals surface area contributed by atoms with Crippen molar-refractivity contribution in [1.29, 1.82) is 0 Å². The van der Waals surface area contributed by atoms with E-state index in [9.17, 15) is 26.4 Å². The van der Waals surface area contributed by atoms with Crippen molar-refractivity contribution in [3.63, 3.8) is 0 Å². The van der Waals surface area contributed by atoms with E-state index in [1.807, 2.05) is 25.1 Å². The monoisotopic (exact) mass is 506 g/mol. The summed E-state index contributed by atoms with van der Waals surface area (Å²) in [5.41, 5.74) is -0.387. The predicted molar refractivity (Wildman–Crippen MR) is 127 cm³/mol. The molecule has 3 aromatic carbocycles. The Kier molecular flexibility index (Phi) is 8.06. The van der Waals surface area contributed by atoms with Gasteiger partial charge >= 0.3 is 6.18 Å². The van der Waals surface area contributed by atoms with Crippen molar-refractivity contribution in [2.45, 2.75) is 31.0 Å². The number of anilines is 1. The Morgan fingerprint density at radius 1 is 1.00 bits per heavy atom. The molecule has 0 bridgehead atoms. The summed E-state index contributed by atoms with van der Waals surface area (Å²) in [5, 5.41) is 2.65. The summed E-state index contributed by atoms with van der Waals surface area (Å²) in [6.07, 6.45) is -4.68.